The molecular weight excluding hydrogens is 182 g/mol. The van der Waals surface area contributed by atoms with Gasteiger partial charge in [-0.15, -0.1) is 0 Å². The number of carbonyl (C=O) groups excluding carboxylic acids is 1. The Morgan fingerprint density at radius 1 is 1.79 bits per heavy atom. The lowest BCUT2D eigenvalue weighted by atomic mass is 10.1. The van der Waals surface area contributed by atoms with E-state index in [-0.39, 0.29) is 11.9 Å². The van der Waals surface area contributed by atoms with E-state index in [4.69, 9.17) is 10.6 Å². The molecule has 0 aliphatic carbocycles. The summed E-state index contributed by atoms with van der Waals surface area (Å²) >= 11 is 0. The molecule has 5 nitrogen and oxygen atoms in total. The molecule has 0 aromatic rings. The lowest BCUT2D eigenvalue weighted by Gasteiger charge is -2.22. The van der Waals surface area contributed by atoms with Crippen molar-refractivity contribution in [2.45, 2.75) is 19.4 Å². The van der Waals surface area contributed by atoms with Gasteiger partial charge in [0.25, 0.3) is 5.91 Å². The number of methoxy groups -OCH3 is 1. The van der Waals surface area contributed by atoms with Gasteiger partial charge in [0.1, 0.15) is 0 Å². The minimum absolute atomic E-state index is 0.122. The van der Waals surface area contributed by atoms with Gasteiger partial charge in [0, 0.05) is 13.7 Å². The molecule has 0 saturated carbocycles. The van der Waals surface area contributed by atoms with Crippen molar-refractivity contribution in [3.05, 3.63) is 0 Å². The summed E-state index contributed by atoms with van der Waals surface area (Å²) in [5.74, 6) is 5.51. The number of amides is 1. The summed E-state index contributed by atoms with van der Waals surface area (Å²) in [7, 11) is 1.71. The van der Waals surface area contributed by atoms with Crippen LogP contribution >= 0.6 is 0 Å². The summed E-state index contributed by atoms with van der Waals surface area (Å²) in [6, 6.07) is -0.137. The second-order valence-corrected chi connectivity index (χ2v) is 3.79. The minimum Gasteiger partial charge on any atom is -0.384 e. The van der Waals surface area contributed by atoms with Crippen molar-refractivity contribution in [1.82, 2.24) is 10.3 Å². The highest BCUT2D eigenvalue weighted by Crippen LogP contribution is 2.18. The highest BCUT2D eigenvalue weighted by atomic mass is 16.5. The van der Waals surface area contributed by atoms with Gasteiger partial charge in [-0.3, -0.25) is 15.1 Å². The lowest BCUT2D eigenvalue weighted by Crippen LogP contribution is -2.46. The van der Waals surface area contributed by atoms with Crippen molar-refractivity contribution in [3.8, 4) is 0 Å². The Kier molecular flexibility index (Phi) is 4.31. The fourth-order valence-corrected chi connectivity index (χ4v) is 1.87. The van der Waals surface area contributed by atoms with E-state index >= 15 is 0 Å². The van der Waals surface area contributed by atoms with E-state index in [0.29, 0.717) is 5.92 Å². The van der Waals surface area contributed by atoms with Crippen LogP contribution in [0.1, 0.15) is 13.3 Å². The average molecular weight is 201 g/mol. The maximum Gasteiger partial charge on any atom is 0.250 e. The van der Waals surface area contributed by atoms with E-state index in [0.717, 1.165) is 26.1 Å². The smallest absolute Gasteiger partial charge is 0.250 e. The summed E-state index contributed by atoms with van der Waals surface area (Å²) in [6.07, 6.45) is 1.09. The van der Waals surface area contributed by atoms with Crippen LogP contribution in [0.15, 0.2) is 0 Å². The van der Waals surface area contributed by atoms with Gasteiger partial charge < -0.3 is 4.74 Å². The molecule has 2 unspecified atom stereocenters. The Morgan fingerprint density at radius 2 is 2.50 bits per heavy atom. The fraction of sp³-hybridized carbons (Fsp3) is 0.889. The predicted molar refractivity (Wildman–Crippen MR) is 53.3 cm³/mol. The molecule has 1 aliphatic rings. The molecule has 14 heavy (non-hydrogen) atoms. The number of nitrogens with zero attached hydrogens (tertiary/aromatic N) is 1. The number of hydrazine groups is 1. The zero-order valence-electron chi connectivity index (χ0n) is 8.82. The molecule has 1 saturated heterocycles. The van der Waals surface area contributed by atoms with Crippen LogP contribution in [0.5, 0.6) is 0 Å². The standard InChI is InChI=1S/C9H19N3O2/c1-7(9(13)11-10)12-4-3-8(5-12)6-14-2/h7-8H,3-6,10H2,1-2H3,(H,11,13). The van der Waals surface area contributed by atoms with Crippen molar-refractivity contribution < 1.29 is 9.53 Å². The summed E-state index contributed by atoms with van der Waals surface area (Å²) < 4.78 is 5.09. The van der Waals surface area contributed by atoms with Gasteiger partial charge in [-0.1, -0.05) is 0 Å². The van der Waals surface area contributed by atoms with Gasteiger partial charge in [-0.05, 0) is 25.8 Å². The van der Waals surface area contributed by atoms with Crippen LogP contribution in [0.3, 0.4) is 0 Å². The number of hydrogen-bond donors (Lipinski definition) is 2. The Balaban J connectivity index is 2.37. The molecule has 1 fully saturated rings. The number of ether oxygens (including phenoxy) is 1. The fourth-order valence-electron chi connectivity index (χ4n) is 1.87. The first-order chi connectivity index (χ1) is 6.69. The number of hydrogen-bond acceptors (Lipinski definition) is 4. The summed E-state index contributed by atoms with van der Waals surface area (Å²) in [5, 5.41) is 0. The summed E-state index contributed by atoms with van der Waals surface area (Å²) in [4.78, 5) is 13.4. The van der Waals surface area contributed by atoms with Crippen LogP contribution in [-0.4, -0.2) is 43.7 Å². The van der Waals surface area contributed by atoms with E-state index in [2.05, 4.69) is 10.3 Å². The molecule has 82 valence electrons. The zero-order chi connectivity index (χ0) is 10.6. The maximum atomic E-state index is 11.3. The Morgan fingerprint density at radius 3 is 3.07 bits per heavy atom. The molecule has 1 aliphatic heterocycles. The number of rotatable bonds is 4. The van der Waals surface area contributed by atoms with Gasteiger partial charge in [0.2, 0.25) is 0 Å². The number of nitrogens with two attached hydrogens (primary N) is 1. The van der Waals surface area contributed by atoms with E-state index in [1.807, 2.05) is 6.92 Å². The molecule has 5 heteroatoms. The molecule has 1 amide bonds. The number of carbonyl (C=O) groups is 1. The van der Waals surface area contributed by atoms with Crippen LogP contribution in [0.2, 0.25) is 0 Å². The second-order valence-electron chi connectivity index (χ2n) is 3.79. The Bertz CT molecular complexity index is 198. The van der Waals surface area contributed by atoms with Crippen LogP contribution in [-0.2, 0) is 9.53 Å². The first-order valence-electron chi connectivity index (χ1n) is 4.92. The van der Waals surface area contributed by atoms with Gasteiger partial charge in [0.05, 0.1) is 12.6 Å². The molecule has 3 N–H and O–H groups in total. The quantitative estimate of drug-likeness (QED) is 0.360. The van der Waals surface area contributed by atoms with Crippen molar-refractivity contribution >= 4 is 5.91 Å². The predicted octanol–water partition coefficient (Wildman–Crippen LogP) is -0.667. The van der Waals surface area contributed by atoms with Crippen molar-refractivity contribution in [2.24, 2.45) is 11.8 Å². The Hall–Kier alpha value is -0.650. The summed E-state index contributed by atoms with van der Waals surface area (Å²) in [6.45, 7) is 4.51. The SMILES string of the molecule is COCC1CCN(C(C)C(=O)NN)C1. The highest BCUT2D eigenvalue weighted by Gasteiger charge is 2.28. The Labute approximate surface area is 84.5 Å². The second kappa shape index (κ2) is 5.29. The topological polar surface area (TPSA) is 67.6 Å². The average Bonchev–Trinajstić information content (AvgIpc) is 2.64. The van der Waals surface area contributed by atoms with E-state index in [1.165, 1.54) is 0 Å². The molecule has 0 aromatic heterocycles. The van der Waals surface area contributed by atoms with Gasteiger partial charge in [-0.2, -0.15) is 0 Å². The third-order valence-corrected chi connectivity index (χ3v) is 2.79. The van der Waals surface area contributed by atoms with Crippen LogP contribution < -0.4 is 11.3 Å². The molecular formula is C9H19N3O2. The molecule has 1 rings (SSSR count). The number of nitrogens with one attached hydrogen (secondary N) is 1. The van der Waals surface area contributed by atoms with E-state index in [9.17, 15) is 4.79 Å². The van der Waals surface area contributed by atoms with Gasteiger partial charge in [0.15, 0.2) is 0 Å². The third-order valence-electron chi connectivity index (χ3n) is 2.79. The molecule has 0 radical (unpaired) electrons. The third kappa shape index (κ3) is 2.67. The molecule has 1 heterocycles. The van der Waals surface area contributed by atoms with E-state index in [1.54, 1.807) is 7.11 Å². The first-order valence-corrected chi connectivity index (χ1v) is 4.92. The largest absolute Gasteiger partial charge is 0.384 e. The molecule has 0 spiro atoms. The normalized spacial score (nSPS) is 24.9. The van der Waals surface area contributed by atoms with Gasteiger partial charge in [-0.25, -0.2) is 5.84 Å². The monoisotopic (exact) mass is 201 g/mol. The molecule has 0 bridgehead atoms. The van der Waals surface area contributed by atoms with Crippen molar-refractivity contribution in [1.29, 1.82) is 0 Å². The summed E-state index contributed by atoms with van der Waals surface area (Å²) in [5.41, 5.74) is 2.18. The van der Waals surface area contributed by atoms with Crippen LogP contribution in [0.25, 0.3) is 0 Å². The zero-order valence-corrected chi connectivity index (χ0v) is 8.82. The van der Waals surface area contributed by atoms with Crippen LogP contribution in [0, 0.1) is 5.92 Å². The van der Waals surface area contributed by atoms with Crippen LogP contribution in [0.4, 0.5) is 0 Å². The van der Waals surface area contributed by atoms with Gasteiger partial charge >= 0.3 is 0 Å². The number of likely N-dealkylation sites (tertiary alicyclic amines) is 1. The minimum atomic E-state index is -0.137. The molecule has 2 atom stereocenters. The van der Waals surface area contributed by atoms with E-state index < -0.39 is 0 Å². The highest BCUT2D eigenvalue weighted by molar-refractivity contribution is 5.80. The molecule has 0 aromatic carbocycles. The lowest BCUT2D eigenvalue weighted by molar-refractivity contribution is -0.125. The first kappa shape index (κ1) is 11.4. The maximum absolute atomic E-state index is 11.3. The van der Waals surface area contributed by atoms with Crippen molar-refractivity contribution in [3.63, 3.8) is 0 Å². The van der Waals surface area contributed by atoms with Crippen molar-refractivity contribution in [2.75, 3.05) is 26.8 Å².